The summed E-state index contributed by atoms with van der Waals surface area (Å²) in [4.78, 5) is 23.9. The van der Waals surface area contributed by atoms with Crippen LogP contribution in [-0.2, 0) is 22.7 Å². The van der Waals surface area contributed by atoms with Crippen molar-refractivity contribution in [1.29, 1.82) is 0 Å². The van der Waals surface area contributed by atoms with Crippen LogP contribution in [0.5, 0.6) is 0 Å². The molecule has 2 aromatic rings. The number of hydrogen-bond donors (Lipinski definition) is 1. The first kappa shape index (κ1) is 28.7. The van der Waals surface area contributed by atoms with E-state index in [1.807, 2.05) is 71.1 Å². The molecule has 1 unspecified atom stereocenters. The summed E-state index contributed by atoms with van der Waals surface area (Å²) in [5, 5.41) is 3.08. The summed E-state index contributed by atoms with van der Waals surface area (Å²) in [6.07, 6.45) is 2.02. The summed E-state index contributed by atoms with van der Waals surface area (Å²) < 4.78 is 0. The van der Waals surface area contributed by atoms with Crippen molar-refractivity contribution in [3.05, 3.63) is 71.8 Å². The minimum Gasteiger partial charge on any atom is -0.316 e. The lowest BCUT2D eigenvalue weighted by molar-refractivity contribution is -0.122. The standard InChI is InChI=1S/C14H21NO.C8H11N.C5H10O/c1-4-14(16)12(2)10-15(3)11-13-8-6-5-7-9-13;1-9-7-8-5-3-2-4-6-8;1-3-5(6)4-2/h5-9,12H,4,10-11H2,1-3H3;2-6,9H,7H2,1H3;3-4H2,1-2H3. The van der Waals surface area contributed by atoms with Gasteiger partial charge >= 0.3 is 0 Å². The van der Waals surface area contributed by atoms with Crippen LogP contribution in [0.4, 0.5) is 0 Å². The van der Waals surface area contributed by atoms with Crippen molar-refractivity contribution >= 4 is 11.6 Å². The Morgan fingerprint density at radius 1 is 0.839 bits per heavy atom. The summed E-state index contributed by atoms with van der Waals surface area (Å²) in [7, 11) is 4.01. The molecule has 0 saturated carbocycles. The van der Waals surface area contributed by atoms with E-state index in [4.69, 9.17) is 0 Å². The minimum absolute atomic E-state index is 0.138. The van der Waals surface area contributed by atoms with Gasteiger partial charge in [-0.3, -0.25) is 9.59 Å². The maximum Gasteiger partial charge on any atom is 0.136 e. The van der Waals surface area contributed by atoms with E-state index in [2.05, 4.69) is 41.5 Å². The monoisotopic (exact) mass is 426 g/mol. The van der Waals surface area contributed by atoms with Crippen molar-refractivity contribution in [1.82, 2.24) is 10.2 Å². The number of rotatable bonds is 10. The Bertz CT molecular complexity index is 696. The largest absolute Gasteiger partial charge is 0.316 e. The van der Waals surface area contributed by atoms with Crippen LogP contribution in [0.2, 0.25) is 0 Å². The molecular weight excluding hydrogens is 384 g/mol. The molecule has 4 nitrogen and oxygen atoms in total. The zero-order chi connectivity index (χ0) is 23.5. The molecule has 31 heavy (non-hydrogen) atoms. The number of hydrogen-bond acceptors (Lipinski definition) is 4. The molecule has 0 saturated heterocycles. The number of ketones is 2. The first-order valence-corrected chi connectivity index (χ1v) is 11.3. The normalized spacial score (nSPS) is 10.9. The minimum atomic E-state index is 0.138. The van der Waals surface area contributed by atoms with E-state index in [-0.39, 0.29) is 5.92 Å². The van der Waals surface area contributed by atoms with Gasteiger partial charge in [0, 0.05) is 44.8 Å². The summed E-state index contributed by atoms with van der Waals surface area (Å²) in [5.41, 5.74) is 2.63. The maximum absolute atomic E-state index is 11.5. The topological polar surface area (TPSA) is 49.4 Å². The molecule has 1 atom stereocenters. The third-order valence-corrected chi connectivity index (χ3v) is 4.79. The van der Waals surface area contributed by atoms with Gasteiger partial charge in [-0.05, 0) is 25.2 Å². The first-order valence-electron chi connectivity index (χ1n) is 11.3. The van der Waals surface area contributed by atoms with Crippen LogP contribution in [-0.4, -0.2) is 37.1 Å². The van der Waals surface area contributed by atoms with Crippen molar-refractivity contribution < 1.29 is 9.59 Å². The lowest BCUT2D eigenvalue weighted by Gasteiger charge is -2.20. The fourth-order valence-corrected chi connectivity index (χ4v) is 2.93. The third-order valence-electron chi connectivity index (χ3n) is 4.79. The Balaban J connectivity index is 0.000000503. The predicted molar refractivity (Wildman–Crippen MR) is 132 cm³/mol. The van der Waals surface area contributed by atoms with Gasteiger partial charge in [-0.25, -0.2) is 0 Å². The highest BCUT2D eigenvalue weighted by molar-refractivity contribution is 5.80. The Kier molecular flexibility index (Phi) is 17.1. The highest BCUT2D eigenvalue weighted by Crippen LogP contribution is 2.07. The predicted octanol–water partition coefficient (Wildman–Crippen LogP) is 5.52. The SMILES string of the molecule is CCC(=O)C(C)CN(C)Cc1ccccc1.CCC(=O)CC.CNCc1ccccc1. The van der Waals surface area contributed by atoms with Gasteiger partial charge in [0.25, 0.3) is 0 Å². The number of Topliss-reactive ketones (excluding diaryl/α,β-unsaturated/α-hetero) is 2. The average Bonchev–Trinajstić information content (AvgIpc) is 2.80. The van der Waals surface area contributed by atoms with E-state index < -0.39 is 0 Å². The number of nitrogens with one attached hydrogen (secondary N) is 1. The van der Waals surface area contributed by atoms with Crippen LogP contribution in [0.3, 0.4) is 0 Å². The molecule has 0 aliphatic carbocycles. The quantitative estimate of drug-likeness (QED) is 0.544. The van der Waals surface area contributed by atoms with Gasteiger partial charge in [0.15, 0.2) is 0 Å². The maximum atomic E-state index is 11.5. The lowest BCUT2D eigenvalue weighted by Crippen LogP contribution is -2.28. The fraction of sp³-hybridized carbons (Fsp3) is 0.481. The number of benzene rings is 2. The van der Waals surface area contributed by atoms with E-state index in [0.717, 1.165) is 19.6 Å². The first-order chi connectivity index (χ1) is 14.9. The highest BCUT2D eigenvalue weighted by Gasteiger charge is 2.13. The molecule has 2 aromatic carbocycles. The molecule has 0 bridgehead atoms. The van der Waals surface area contributed by atoms with Gasteiger partial charge in [-0.2, -0.15) is 0 Å². The fourth-order valence-electron chi connectivity index (χ4n) is 2.93. The molecule has 0 amide bonds. The summed E-state index contributed by atoms with van der Waals surface area (Å²) >= 11 is 0. The number of nitrogens with zero attached hydrogens (tertiary/aromatic N) is 1. The van der Waals surface area contributed by atoms with Crippen molar-refractivity contribution in [3.8, 4) is 0 Å². The smallest absolute Gasteiger partial charge is 0.136 e. The Morgan fingerprint density at radius 2 is 1.32 bits per heavy atom. The van der Waals surface area contributed by atoms with Gasteiger partial charge in [0.05, 0.1) is 0 Å². The van der Waals surface area contributed by atoms with Crippen molar-refractivity contribution in [2.24, 2.45) is 5.92 Å². The molecule has 0 aliphatic heterocycles. The van der Waals surface area contributed by atoms with Crippen molar-refractivity contribution in [2.75, 3.05) is 20.6 Å². The molecule has 0 aromatic heterocycles. The molecule has 172 valence electrons. The molecule has 2 rings (SSSR count). The summed E-state index contributed by atoms with van der Waals surface area (Å²) in [6.45, 7) is 10.4. The number of carbonyl (C=O) groups is 2. The third kappa shape index (κ3) is 15.2. The second kappa shape index (κ2) is 18.5. The highest BCUT2D eigenvalue weighted by atomic mass is 16.1. The molecule has 0 fully saturated rings. The van der Waals surface area contributed by atoms with Gasteiger partial charge in [-0.1, -0.05) is 88.4 Å². The molecule has 0 spiro atoms. The van der Waals surface area contributed by atoms with Crippen LogP contribution in [0.15, 0.2) is 60.7 Å². The van der Waals surface area contributed by atoms with Crippen LogP contribution in [0, 0.1) is 5.92 Å². The lowest BCUT2D eigenvalue weighted by atomic mass is 10.0. The molecule has 1 N–H and O–H groups in total. The molecule has 0 radical (unpaired) electrons. The van der Waals surface area contributed by atoms with E-state index in [1.54, 1.807) is 0 Å². The second-order valence-corrected chi connectivity index (χ2v) is 7.66. The molecule has 0 heterocycles. The van der Waals surface area contributed by atoms with Gasteiger partial charge < -0.3 is 10.2 Å². The number of carbonyl (C=O) groups excluding carboxylic acids is 2. The molecular formula is C27H42N2O2. The van der Waals surface area contributed by atoms with Gasteiger partial charge in [0.1, 0.15) is 11.6 Å². The Labute approximate surface area is 190 Å². The van der Waals surface area contributed by atoms with Crippen LogP contribution in [0.1, 0.15) is 58.1 Å². The van der Waals surface area contributed by atoms with Gasteiger partial charge in [-0.15, -0.1) is 0 Å². The zero-order valence-electron chi connectivity index (χ0n) is 20.4. The van der Waals surface area contributed by atoms with Crippen molar-refractivity contribution in [2.45, 2.75) is 60.0 Å². The van der Waals surface area contributed by atoms with Crippen LogP contribution in [0.25, 0.3) is 0 Å². The van der Waals surface area contributed by atoms with E-state index in [9.17, 15) is 9.59 Å². The zero-order valence-corrected chi connectivity index (χ0v) is 20.4. The molecule has 4 heteroatoms. The second-order valence-electron chi connectivity index (χ2n) is 7.66. The van der Waals surface area contributed by atoms with Crippen LogP contribution < -0.4 is 5.32 Å². The van der Waals surface area contributed by atoms with Crippen molar-refractivity contribution in [3.63, 3.8) is 0 Å². The van der Waals surface area contributed by atoms with Gasteiger partial charge in [0.2, 0.25) is 0 Å². The molecule has 0 aliphatic rings. The Morgan fingerprint density at radius 3 is 1.71 bits per heavy atom. The Hall–Kier alpha value is -2.30. The van der Waals surface area contributed by atoms with Crippen LogP contribution >= 0.6 is 0 Å². The van der Waals surface area contributed by atoms with E-state index >= 15 is 0 Å². The van der Waals surface area contributed by atoms with E-state index in [1.165, 1.54) is 11.1 Å². The average molecular weight is 427 g/mol. The summed E-state index contributed by atoms with van der Waals surface area (Å²) in [6, 6.07) is 20.7. The van der Waals surface area contributed by atoms with E-state index in [0.29, 0.717) is 30.8 Å². The summed E-state index contributed by atoms with van der Waals surface area (Å²) in [5.74, 6) is 0.827.